The number of carbonyl (C=O) groups is 2. The van der Waals surface area contributed by atoms with E-state index in [-0.39, 0.29) is 17.7 Å². The van der Waals surface area contributed by atoms with E-state index in [2.05, 4.69) is 12.2 Å². The van der Waals surface area contributed by atoms with Gasteiger partial charge in [-0.1, -0.05) is 19.8 Å². The molecule has 1 aromatic heterocycles. The monoisotopic (exact) mass is 309 g/mol. The van der Waals surface area contributed by atoms with Gasteiger partial charge in [-0.05, 0) is 43.2 Å². The molecule has 1 aliphatic carbocycles. The molecule has 1 fully saturated rings. The third-order valence-electron chi connectivity index (χ3n) is 4.33. The van der Waals surface area contributed by atoms with Gasteiger partial charge in [0, 0.05) is 11.4 Å². The van der Waals surface area contributed by atoms with Crippen LogP contribution in [0.2, 0.25) is 0 Å². The van der Waals surface area contributed by atoms with E-state index < -0.39 is 5.97 Å². The van der Waals surface area contributed by atoms with E-state index in [9.17, 15) is 9.59 Å². The molecule has 0 atom stereocenters. The number of carbonyl (C=O) groups excluding carboxylic acids is 1. The van der Waals surface area contributed by atoms with Gasteiger partial charge < -0.3 is 10.4 Å². The first-order valence-electron chi connectivity index (χ1n) is 7.55. The quantitative estimate of drug-likeness (QED) is 0.811. The van der Waals surface area contributed by atoms with Crippen molar-refractivity contribution < 1.29 is 14.7 Å². The Bertz CT molecular complexity index is 532. The molecule has 1 aliphatic rings. The molecule has 0 unspecified atom stereocenters. The second-order valence-electron chi connectivity index (χ2n) is 6.05. The first-order valence-corrected chi connectivity index (χ1v) is 8.37. The van der Waals surface area contributed by atoms with Gasteiger partial charge in [-0.15, -0.1) is 11.3 Å². The van der Waals surface area contributed by atoms with Crippen molar-refractivity contribution in [2.24, 2.45) is 5.41 Å². The van der Waals surface area contributed by atoms with E-state index in [1.165, 1.54) is 21.8 Å². The minimum atomic E-state index is -0.777. The summed E-state index contributed by atoms with van der Waals surface area (Å²) in [5, 5.41) is 11.9. The van der Waals surface area contributed by atoms with Gasteiger partial charge in [0.15, 0.2) is 0 Å². The summed E-state index contributed by atoms with van der Waals surface area (Å²) in [5.41, 5.74) is 1.02. The van der Waals surface area contributed by atoms with Gasteiger partial charge in [0.05, 0.1) is 11.3 Å². The molecule has 1 heterocycles. The Kier molecular flexibility index (Phi) is 5.04. The summed E-state index contributed by atoms with van der Waals surface area (Å²) in [6.07, 6.45) is 5.06. The van der Waals surface area contributed by atoms with Gasteiger partial charge in [-0.25, -0.2) is 0 Å². The Balaban J connectivity index is 1.95. The molecule has 2 N–H and O–H groups in total. The van der Waals surface area contributed by atoms with Gasteiger partial charge >= 0.3 is 5.97 Å². The predicted molar refractivity (Wildman–Crippen MR) is 83.9 cm³/mol. The summed E-state index contributed by atoms with van der Waals surface area (Å²) >= 11 is 1.52. The number of carboxylic acids is 1. The van der Waals surface area contributed by atoms with Crippen molar-refractivity contribution in [3.63, 3.8) is 0 Å². The van der Waals surface area contributed by atoms with Crippen LogP contribution in [0.25, 0.3) is 0 Å². The molecular weight excluding hydrogens is 286 g/mol. The van der Waals surface area contributed by atoms with E-state index >= 15 is 0 Å². The fourth-order valence-electron chi connectivity index (χ4n) is 2.92. The molecule has 5 heteroatoms. The lowest BCUT2D eigenvalue weighted by Gasteiger charge is -2.40. The largest absolute Gasteiger partial charge is 0.481 e. The van der Waals surface area contributed by atoms with Crippen molar-refractivity contribution in [1.82, 2.24) is 5.32 Å². The molecule has 0 bridgehead atoms. The molecule has 0 spiro atoms. The Morgan fingerprint density at radius 2 is 2.14 bits per heavy atom. The van der Waals surface area contributed by atoms with Crippen molar-refractivity contribution in [3.8, 4) is 0 Å². The van der Waals surface area contributed by atoms with Crippen LogP contribution >= 0.6 is 11.3 Å². The molecule has 0 radical (unpaired) electrons. The Morgan fingerprint density at radius 3 is 2.67 bits per heavy atom. The molecule has 4 nitrogen and oxygen atoms in total. The summed E-state index contributed by atoms with van der Waals surface area (Å²) in [4.78, 5) is 25.1. The normalized spacial score (nSPS) is 16.3. The third kappa shape index (κ3) is 3.84. The van der Waals surface area contributed by atoms with Crippen LogP contribution in [0, 0.1) is 12.3 Å². The number of aryl methyl sites for hydroxylation is 2. The van der Waals surface area contributed by atoms with E-state index in [0.29, 0.717) is 6.54 Å². The average molecular weight is 309 g/mol. The minimum Gasteiger partial charge on any atom is -0.481 e. The molecule has 1 amide bonds. The lowest BCUT2D eigenvalue weighted by Crippen LogP contribution is -2.43. The van der Waals surface area contributed by atoms with E-state index in [4.69, 9.17) is 5.11 Å². The molecule has 21 heavy (non-hydrogen) atoms. The highest BCUT2D eigenvalue weighted by molar-refractivity contribution is 7.14. The minimum absolute atomic E-state index is 0.0675. The number of nitrogens with one attached hydrogen (secondary N) is 1. The van der Waals surface area contributed by atoms with Crippen molar-refractivity contribution in [3.05, 3.63) is 21.4 Å². The highest BCUT2D eigenvalue weighted by Gasteiger charge is 2.39. The van der Waals surface area contributed by atoms with Crippen LogP contribution in [-0.2, 0) is 11.2 Å². The second kappa shape index (κ2) is 6.60. The van der Waals surface area contributed by atoms with Crippen LogP contribution in [0.3, 0.4) is 0 Å². The summed E-state index contributed by atoms with van der Waals surface area (Å²) in [6.45, 7) is 4.64. The van der Waals surface area contributed by atoms with Gasteiger partial charge in [-0.3, -0.25) is 9.59 Å². The highest BCUT2D eigenvalue weighted by Crippen LogP contribution is 2.43. The van der Waals surface area contributed by atoms with Gasteiger partial charge in [0.25, 0.3) is 5.91 Å². The fraction of sp³-hybridized carbons (Fsp3) is 0.625. The Morgan fingerprint density at radius 1 is 1.43 bits per heavy atom. The first kappa shape index (κ1) is 16.0. The van der Waals surface area contributed by atoms with Gasteiger partial charge in [-0.2, -0.15) is 0 Å². The Labute approximate surface area is 129 Å². The molecule has 1 saturated carbocycles. The van der Waals surface area contributed by atoms with Gasteiger partial charge in [0.1, 0.15) is 0 Å². The molecular formula is C16H23NO3S. The SMILES string of the molecule is CCCc1cc(C(=O)NCC2(CC(=O)O)CCC2)sc1C. The standard InChI is InChI=1S/C16H23NO3S/c1-3-5-12-8-13(21-11(12)2)15(20)17-10-16(6-4-7-16)9-14(18)19/h8H,3-7,9-10H2,1-2H3,(H,17,20)(H,18,19). The van der Waals surface area contributed by atoms with E-state index in [1.54, 1.807) is 0 Å². The second-order valence-corrected chi connectivity index (χ2v) is 7.31. The van der Waals surface area contributed by atoms with Crippen LogP contribution < -0.4 is 5.32 Å². The van der Waals surface area contributed by atoms with Crippen LogP contribution in [-0.4, -0.2) is 23.5 Å². The Hall–Kier alpha value is -1.36. The average Bonchev–Trinajstić information content (AvgIpc) is 2.74. The summed E-state index contributed by atoms with van der Waals surface area (Å²) in [5.74, 6) is -0.844. The smallest absolute Gasteiger partial charge is 0.303 e. The highest BCUT2D eigenvalue weighted by atomic mass is 32.1. The number of thiophene rings is 1. The summed E-state index contributed by atoms with van der Waals surface area (Å²) in [6, 6.07) is 1.98. The lowest BCUT2D eigenvalue weighted by molar-refractivity contribution is -0.141. The number of hydrogen-bond donors (Lipinski definition) is 2. The third-order valence-corrected chi connectivity index (χ3v) is 5.42. The van der Waals surface area contributed by atoms with Crippen LogP contribution in [0.15, 0.2) is 6.07 Å². The zero-order valence-electron chi connectivity index (χ0n) is 12.7. The molecule has 0 saturated heterocycles. The molecule has 0 aromatic carbocycles. The van der Waals surface area contributed by atoms with Crippen molar-refractivity contribution >= 4 is 23.2 Å². The summed E-state index contributed by atoms with van der Waals surface area (Å²) in [7, 11) is 0. The fourth-order valence-corrected chi connectivity index (χ4v) is 3.91. The topological polar surface area (TPSA) is 66.4 Å². The van der Waals surface area contributed by atoms with E-state index in [1.807, 2.05) is 13.0 Å². The zero-order valence-corrected chi connectivity index (χ0v) is 13.5. The van der Waals surface area contributed by atoms with Crippen molar-refractivity contribution in [1.29, 1.82) is 0 Å². The number of carboxylic acid groups (broad SMARTS) is 1. The first-order chi connectivity index (χ1) is 9.96. The predicted octanol–water partition coefficient (Wildman–Crippen LogP) is 3.38. The maximum Gasteiger partial charge on any atom is 0.303 e. The lowest BCUT2D eigenvalue weighted by atomic mass is 9.66. The number of rotatable bonds is 7. The van der Waals surface area contributed by atoms with Gasteiger partial charge in [0.2, 0.25) is 0 Å². The number of amides is 1. The van der Waals surface area contributed by atoms with Crippen LogP contribution in [0.1, 0.15) is 59.1 Å². The molecule has 2 rings (SSSR count). The van der Waals surface area contributed by atoms with E-state index in [0.717, 1.165) is 37.0 Å². The molecule has 0 aliphatic heterocycles. The zero-order chi connectivity index (χ0) is 15.5. The molecule has 116 valence electrons. The molecule has 1 aromatic rings. The maximum absolute atomic E-state index is 12.2. The summed E-state index contributed by atoms with van der Waals surface area (Å²) < 4.78 is 0. The number of aliphatic carboxylic acids is 1. The van der Waals surface area contributed by atoms with Crippen molar-refractivity contribution in [2.45, 2.75) is 52.4 Å². The van der Waals surface area contributed by atoms with Crippen LogP contribution in [0.4, 0.5) is 0 Å². The van der Waals surface area contributed by atoms with Crippen molar-refractivity contribution in [2.75, 3.05) is 6.54 Å². The number of hydrogen-bond acceptors (Lipinski definition) is 3. The maximum atomic E-state index is 12.2. The van der Waals surface area contributed by atoms with Crippen LogP contribution in [0.5, 0.6) is 0 Å².